The summed E-state index contributed by atoms with van der Waals surface area (Å²) in [4.78, 5) is 19.0. The Labute approximate surface area is 45.3 Å². The molecule has 1 heterocycles. The van der Waals surface area contributed by atoms with E-state index >= 15 is 0 Å². The van der Waals surface area contributed by atoms with Crippen LogP contribution in [-0.2, 0) is 4.79 Å². The first kappa shape index (κ1) is 4.74. The predicted molar refractivity (Wildman–Crippen MR) is 26.4 cm³/mol. The first-order chi connectivity index (χ1) is 3.93. The monoisotopic (exact) mass is 109 g/mol. The van der Waals surface area contributed by atoms with Crippen molar-refractivity contribution in [3.05, 3.63) is 12.5 Å². The van der Waals surface area contributed by atoms with Gasteiger partial charge in [0.25, 0.3) is 0 Å². The van der Waals surface area contributed by atoms with Crippen molar-refractivity contribution in [2.24, 2.45) is 4.99 Å². The van der Waals surface area contributed by atoms with Crippen LogP contribution in [0.5, 0.6) is 0 Å². The Hall–Kier alpha value is -1.41. The highest BCUT2D eigenvalue weighted by Gasteiger charge is 1.82. The molecule has 1 aromatic heterocycles. The van der Waals surface area contributed by atoms with E-state index in [1.54, 1.807) is 0 Å². The number of isocyanates is 1. The molecule has 1 aromatic rings. The van der Waals surface area contributed by atoms with Crippen molar-refractivity contribution >= 4 is 11.9 Å². The quantitative estimate of drug-likeness (QED) is 0.418. The van der Waals surface area contributed by atoms with E-state index in [0.717, 1.165) is 0 Å². The minimum absolute atomic E-state index is 0.431. The molecular formula is C4H3N3O. The van der Waals surface area contributed by atoms with Crippen LogP contribution in [-0.4, -0.2) is 16.0 Å². The second-order valence-corrected chi connectivity index (χ2v) is 1.14. The van der Waals surface area contributed by atoms with Crippen LogP contribution in [0.3, 0.4) is 0 Å². The fraction of sp³-hybridized carbons (Fsp3) is 0. The van der Waals surface area contributed by atoms with Gasteiger partial charge in [-0.3, -0.25) is 0 Å². The maximum Gasteiger partial charge on any atom is 0.242 e. The highest BCUT2D eigenvalue weighted by atomic mass is 16.1. The average molecular weight is 109 g/mol. The molecule has 0 atom stereocenters. The predicted octanol–water partition coefficient (Wildman–Crippen LogP) is 0.377. The third-order valence-electron chi connectivity index (χ3n) is 0.650. The van der Waals surface area contributed by atoms with E-state index in [1.165, 1.54) is 18.6 Å². The Bertz CT molecular complexity index is 197. The highest BCUT2D eigenvalue weighted by molar-refractivity contribution is 5.42. The summed E-state index contributed by atoms with van der Waals surface area (Å²) < 4.78 is 0. The Morgan fingerprint density at radius 3 is 3.25 bits per heavy atom. The number of H-pyrrole nitrogens is 1. The van der Waals surface area contributed by atoms with Gasteiger partial charge in [0.05, 0.1) is 12.5 Å². The lowest BCUT2D eigenvalue weighted by molar-refractivity contribution is 0.565. The van der Waals surface area contributed by atoms with Gasteiger partial charge in [0.1, 0.15) is 0 Å². The summed E-state index contributed by atoms with van der Waals surface area (Å²) in [5.74, 6) is 0.431. The van der Waals surface area contributed by atoms with Gasteiger partial charge < -0.3 is 4.98 Å². The van der Waals surface area contributed by atoms with Crippen LogP contribution in [0.1, 0.15) is 0 Å². The largest absolute Gasteiger partial charge is 0.329 e. The summed E-state index contributed by atoms with van der Waals surface area (Å²) in [5, 5.41) is 0. The van der Waals surface area contributed by atoms with Crippen LogP contribution in [0.2, 0.25) is 0 Å². The molecule has 0 unspecified atom stereocenters. The molecule has 0 radical (unpaired) electrons. The molecule has 0 amide bonds. The van der Waals surface area contributed by atoms with Crippen LogP contribution in [0.15, 0.2) is 17.5 Å². The standard InChI is InChI=1S/C4H3N3O/c8-3-7-4-1-5-2-6-4/h1-2H,(H,5,6). The summed E-state index contributed by atoms with van der Waals surface area (Å²) in [6.07, 6.45) is 4.25. The fourth-order valence-corrected chi connectivity index (χ4v) is 0.359. The lowest BCUT2D eigenvalue weighted by Gasteiger charge is -1.70. The number of hydrogen-bond donors (Lipinski definition) is 1. The molecule has 0 aliphatic carbocycles. The second-order valence-electron chi connectivity index (χ2n) is 1.14. The third kappa shape index (κ3) is 0.802. The van der Waals surface area contributed by atoms with E-state index in [9.17, 15) is 4.79 Å². The van der Waals surface area contributed by atoms with E-state index in [2.05, 4.69) is 15.0 Å². The number of aliphatic imine (C=N–C) groups is 1. The Morgan fingerprint density at radius 1 is 1.88 bits per heavy atom. The second kappa shape index (κ2) is 2.04. The van der Waals surface area contributed by atoms with Crippen LogP contribution in [0.4, 0.5) is 5.82 Å². The first-order valence-corrected chi connectivity index (χ1v) is 2.00. The van der Waals surface area contributed by atoms with Gasteiger partial charge in [-0.05, 0) is 0 Å². The van der Waals surface area contributed by atoms with Crippen LogP contribution in [0, 0.1) is 0 Å². The Balaban J connectivity index is 2.93. The number of nitrogens with one attached hydrogen (secondary N) is 1. The molecule has 0 aliphatic rings. The maximum absolute atomic E-state index is 9.53. The van der Waals surface area contributed by atoms with Gasteiger partial charge >= 0.3 is 0 Å². The van der Waals surface area contributed by atoms with Crippen molar-refractivity contribution in [2.45, 2.75) is 0 Å². The lowest BCUT2D eigenvalue weighted by Crippen LogP contribution is -1.55. The van der Waals surface area contributed by atoms with Crippen molar-refractivity contribution in [2.75, 3.05) is 0 Å². The molecule has 8 heavy (non-hydrogen) atoms. The van der Waals surface area contributed by atoms with Gasteiger partial charge in [0, 0.05) is 0 Å². The zero-order valence-electron chi connectivity index (χ0n) is 3.96. The smallest absolute Gasteiger partial charge is 0.242 e. The summed E-state index contributed by atoms with van der Waals surface area (Å²) in [7, 11) is 0. The van der Waals surface area contributed by atoms with E-state index in [-0.39, 0.29) is 0 Å². The number of imidazole rings is 1. The molecule has 0 fully saturated rings. The summed E-state index contributed by atoms with van der Waals surface area (Å²) in [5.41, 5.74) is 0. The molecule has 0 aromatic carbocycles. The van der Waals surface area contributed by atoms with Crippen LogP contribution >= 0.6 is 0 Å². The first-order valence-electron chi connectivity index (χ1n) is 2.00. The van der Waals surface area contributed by atoms with Gasteiger partial charge in [-0.15, -0.1) is 4.99 Å². The fourth-order valence-electron chi connectivity index (χ4n) is 0.359. The third-order valence-corrected chi connectivity index (χ3v) is 0.650. The van der Waals surface area contributed by atoms with Crippen molar-refractivity contribution in [1.29, 1.82) is 0 Å². The zero-order valence-corrected chi connectivity index (χ0v) is 3.96. The number of aromatic amines is 1. The summed E-state index contributed by atoms with van der Waals surface area (Å²) >= 11 is 0. The molecule has 0 saturated carbocycles. The lowest BCUT2D eigenvalue weighted by atomic mass is 10.8. The number of nitrogens with zero attached hydrogens (tertiary/aromatic N) is 2. The van der Waals surface area contributed by atoms with Crippen LogP contribution in [0.25, 0.3) is 0 Å². The number of hydrogen-bond acceptors (Lipinski definition) is 3. The molecule has 1 rings (SSSR count). The summed E-state index contributed by atoms with van der Waals surface area (Å²) in [6, 6.07) is 0. The molecule has 0 bridgehead atoms. The van der Waals surface area contributed by atoms with Crippen molar-refractivity contribution < 1.29 is 4.79 Å². The molecule has 1 N–H and O–H groups in total. The molecular weight excluding hydrogens is 106 g/mol. The highest BCUT2D eigenvalue weighted by Crippen LogP contribution is 1.99. The van der Waals surface area contributed by atoms with E-state index in [0.29, 0.717) is 5.82 Å². The maximum atomic E-state index is 9.53. The van der Waals surface area contributed by atoms with Gasteiger partial charge in [-0.25, -0.2) is 9.78 Å². The number of aromatic nitrogens is 2. The Morgan fingerprint density at radius 2 is 2.75 bits per heavy atom. The number of carbonyl (C=O) groups excluding carboxylic acids is 1. The van der Waals surface area contributed by atoms with Gasteiger partial charge in [0.2, 0.25) is 6.08 Å². The van der Waals surface area contributed by atoms with Crippen molar-refractivity contribution in [3.63, 3.8) is 0 Å². The summed E-state index contributed by atoms with van der Waals surface area (Å²) in [6.45, 7) is 0. The van der Waals surface area contributed by atoms with Gasteiger partial charge in [-0.1, -0.05) is 0 Å². The topological polar surface area (TPSA) is 58.1 Å². The molecule has 4 heteroatoms. The minimum Gasteiger partial charge on any atom is -0.329 e. The normalized spacial score (nSPS) is 8.00. The van der Waals surface area contributed by atoms with Gasteiger partial charge in [-0.2, -0.15) is 0 Å². The van der Waals surface area contributed by atoms with Crippen molar-refractivity contribution in [3.8, 4) is 0 Å². The zero-order chi connectivity index (χ0) is 5.82. The van der Waals surface area contributed by atoms with E-state index in [4.69, 9.17) is 0 Å². The SMILES string of the molecule is O=C=Nc1cnc[nH]1. The van der Waals surface area contributed by atoms with Crippen LogP contribution < -0.4 is 0 Å². The molecule has 4 nitrogen and oxygen atoms in total. The average Bonchev–Trinajstić information content (AvgIpc) is 2.19. The van der Waals surface area contributed by atoms with Gasteiger partial charge in [0.15, 0.2) is 5.82 Å². The van der Waals surface area contributed by atoms with E-state index in [1.807, 2.05) is 0 Å². The molecule has 0 spiro atoms. The molecule has 0 aliphatic heterocycles. The Kier molecular flexibility index (Phi) is 1.21. The van der Waals surface area contributed by atoms with Crippen molar-refractivity contribution in [1.82, 2.24) is 9.97 Å². The number of rotatable bonds is 1. The molecule has 0 saturated heterocycles. The molecule has 40 valence electrons. The van der Waals surface area contributed by atoms with E-state index < -0.39 is 0 Å². The minimum atomic E-state index is 0.431.